The van der Waals surface area contributed by atoms with Crippen LogP contribution in [0.3, 0.4) is 0 Å². The molecule has 1 aromatic rings. The van der Waals surface area contributed by atoms with Crippen molar-refractivity contribution in [2.75, 3.05) is 12.3 Å². The number of anilines is 1. The smallest absolute Gasteiger partial charge is 0.398 e. The van der Waals surface area contributed by atoms with E-state index in [0.717, 1.165) is 4.90 Å². The van der Waals surface area contributed by atoms with E-state index < -0.39 is 24.7 Å². The fourth-order valence-corrected chi connectivity index (χ4v) is 2.23. The summed E-state index contributed by atoms with van der Waals surface area (Å²) in [6, 6.07) is 2.53. The van der Waals surface area contributed by atoms with E-state index >= 15 is 0 Å². The molecule has 20 heavy (non-hydrogen) atoms. The predicted molar refractivity (Wildman–Crippen MR) is 75.5 cm³/mol. The van der Waals surface area contributed by atoms with Crippen LogP contribution in [0.5, 0.6) is 0 Å². The van der Waals surface area contributed by atoms with Crippen molar-refractivity contribution in [2.24, 2.45) is 0 Å². The van der Waals surface area contributed by atoms with Crippen LogP contribution < -0.4 is 5.73 Å². The van der Waals surface area contributed by atoms with E-state index in [4.69, 9.17) is 5.73 Å². The minimum atomic E-state index is -4.44. The molecule has 0 aliphatic heterocycles. The largest absolute Gasteiger partial charge is 0.406 e. The van der Waals surface area contributed by atoms with E-state index in [0.29, 0.717) is 15.7 Å². The molecule has 0 aromatic heterocycles. The Labute approximate surface area is 124 Å². The topological polar surface area (TPSA) is 46.3 Å². The maximum atomic E-state index is 12.6. The summed E-state index contributed by atoms with van der Waals surface area (Å²) in [5, 5.41) is 0. The van der Waals surface area contributed by atoms with Crippen LogP contribution in [0.1, 0.15) is 29.8 Å². The van der Waals surface area contributed by atoms with Crippen LogP contribution in [0, 0.1) is 6.92 Å². The number of alkyl halides is 3. The van der Waals surface area contributed by atoms with Gasteiger partial charge >= 0.3 is 6.18 Å². The lowest BCUT2D eigenvalue weighted by Gasteiger charge is -2.28. The Balaban J connectivity index is 3.20. The van der Waals surface area contributed by atoms with Gasteiger partial charge in [-0.1, -0.05) is 15.9 Å². The molecule has 1 aromatic carbocycles. The minimum Gasteiger partial charge on any atom is -0.398 e. The van der Waals surface area contributed by atoms with E-state index in [1.54, 1.807) is 26.8 Å². The van der Waals surface area contributed by atoms with Gasteiger partial charge in [0.2, 0.25) is 0 Å². The van der Waals surface area contributed by atoms with Crippen molar-refractivity contribution in [3.8, 4) is 0 Å². The number of hydrogen-bond acceptors (Lipinski definition) is 2. The molecule has 7 heteroatoms. The van der Waals surface area contributed by atoms with Crippen LogP contribution >= 0.6 is 15.9 Å². The molecule has 112 valence electrons. The molecule has 0 unspecified atom stereocenters. The van der Waals surface area contributed by atoms with Crippen LogP contribution in [0.15, 0.2) is 16.6 Å². The van der Waals surface area contributed by atoms with Crippen molar-refractivity contribution < 1.29 is 18.0 Å². The van der Waals surface area contributed by atoms with Crippen molar-refractivity contribution in [2.45, 2.75) is 33.0 Å². The van der Waals surface area contributed by atoms with Crippen molar-refractivity contribution in [3.05, 3.63) is 27.7 Å². The average Bonchev–Trinajstić information content (AvgIpc) is 2.28. The number of hydrogen-bond donors (Lipinski definition) is 1. The lowest BCUT2D eigenvalue weighted by molar-refractivity contribution is -0.143. The molecule has 2 N–H and O–H groups in total. The summed E-state index contributed by atoms with van der Waals surface area (Å²) >= 11 is 3.19. The molecule has 0 aliphatic carbocycles. The van der Waals surface area contributed by atoms with Gasteiger partial charge in [0.1, 0.15) is 6.54 Å². The Hall–Kier alpha value is -1.24. The van der Waals surface area contributed by atoms with Gasteiger partial charge in [0, 0.05) is 21.8 Å². The summed E-state index contributed by atoms with van der Waals surface area (Å²) in [5.41, 5.74) is 6.75. The first-order valence-corrected chi connectivity index (χ1v) is 6.75. The fourth-order valence-electron chi connectivity index (χ4n) is 1.76. The minimum absolute atomic E-state index is 0.176. The first-order chi connectivity index (χ1) is 9.03. The zero-order chi connectivity index (χ0) is 15.7. The predicted octanol–water partition coefficient (Wildman–Crippen LogP) is 3.75. The Morgan fingerprint density at radius 1 is 1.40 bits per heavy atom. The second-order valence-corrected chi connectivity index (χ2v) is 5.73. The van der Waals surface area contributed by atoms with E-state index in [1.165, 1.54) is 6.07 Å². The zero-order valence-electron chi connectivity index (χ0n) is 11.4. The van der Waals surface area contributed by atoms with Crippen LogP contribution in [0.2, 0.25) is 0 Å². The monoisotopic (exact) mass is 352 g/mol. The SMILES string of the molecule is Cc1c(N)cc(Br)cc1C(=O)N(CC(F)(F)F)C(C)C. The summed E-state index contributed by atoms with van der Waals surface area (Å²) in [7, 11) is 0. The molecule has 0 radical (unpaired) electrons. The van der Waals surface area contributed by atoms with Crippen molar-refractivity contribution in [3.63, 3.8) is 0 Å². The number of nitrogens with zero attached hydrogens (tertiary/aromatic N) is 1. The van der Waals surface area contributed by atoms with Gasteiger partial charge in [0.05, 0.1) is 0 Å². The summed E-state index contributed by atoms with van der Waals surface area (Å²) in [5.74, 6) is -0.678. The zero-order valence-corrected chi connectivity index (χ0v) is 13.0. The number of carbonyl (C=O) groups excluding carboxylic acids is 1. The summed E-state index contributed by atoms with van der Waals surface area (Å²) in [4.78, 5) is 13.1. The number of benzene rings is 1. The highest BCUT2D eigenvalue weighted by Crippen LogP contribution is 2.26. The summed E-state index contributed by atoms with van der Waals surface area (Å²) < 4.78 is 38.3. The van der Waals surface area contributed by atoms with Crippen molar-refractivity contribution in [1.29, 1.82) is 0 Å². The normalized spacial score (nSPS) is 11.8. The number of nitrogen functional groups attached to an aromatic ring is 1. The van der Waals surface area contributed by atoms with E-state index in [-0.39, 0.29) is 5.56 Å². The molecule has 0 spiro atoms. The first kappa shape index (κ1) is 16.8. The number of amides is 1. The quantitative estimate of drug-likeness (QED) is 0.842. The lowest BCUT2D eigenvalue weighted by atomic mass is 10.0. The number of halogens is 4. The maximum absolute atomic E-state index is 12.6. The second kappa shape index (κ2) is 6.03. The van der Waals surface area contributed by atoms with Crippen LogP contribution in [0.25, 0.3) is 0 Å². The second-order valence-electron chi connectivity index (χ2n) is 4.81. The number of rotatable bonds is 3. The number of carbonyl (C=O) groups is 1. The Morgan fingerprint density at radius 3 is 2.40 bits per heavy atom. The molecule has 0 saturated heterocycles. The van der Waals surface area contributed by atoms with Gasteiger partial charge in [-0.3, -0.25) is 4.79 Å². The van der Waals surface area contributed by atoms with Gasteiger partial charge < -0.3 is 10.6 Å². The van der Waals surface area contributed by atoms with Gasteiger partial charge in [-0.2, -0.15) is 13.2 Å². The highest BCUT2D eigenvalue weighted by Gasteiger charge is 2.35. The highest BCUT2D eigenvalue weighted by atomic mass is 79.9. The maximum Gasteiger partial charge on any atom is 0.406 e. The fraction of sp³-hybridized carbons (Fsp3) is 0.462. The Morgan fingerprint density at radius 2 is 1.95 bits per heavy atom. The third-order valence-corrected chi connectivity index (χ3v) is 3.33. The molecule has 1 rings (SSSR count). The Bertz CT molecular complexity index is 515. The molecular formula is C13H16BrF3N2O. The molecule has 0 atom stereocenters. The first-order valence-electron chi connectivity index (χ1n) is 5.96. The van der Waals surface area contributed by atoms with Gasteiger partial charge in [-0.25, -0.2) is 0 Å². The van der Waals surface area contributed by atoms with Crippen LogP contribution in [-0.4, -0.2) is 29.6 Å². The molecule has 0 bridgehead atoms. The average molecular weight is 353 g/mol. The van der Waals surface area contributed by atoms with Crippen molar-refractivity contribution >= 4 is 27.5 Å². The highest BCUT2D eigenvalue weighted by molar-refractivity contribution is 9.10. The van der Waals surface area contributed by atoms with E-state index in [2.05, 4.69) is 15.9 Å². The summed E-state index contributed by atoms with van der Waals surface area (Å²) in [6.07, 6.45) is -4.44. The van der Waals surface area contributed by atoms with Gasteiger partial charge in [-0.05, 0) is 38.5 Å². The van der Waals surface area contributed by atoms with Gasteiger partial charge in [0.15, 0.2) is 0 Å². The standard InChI is InChI=1S/C13H16BrF3N2O/c1-7(2)19(6-13(15,16)17)12(20)10-4-9(14)5-11(18)8(10)3/h4-5,7H,6,18H2,1-3H3. The third kappa shape index (κ3) is 4.13. The molecule has 0 aliphatic rings. The number of nitrogens with two attached hydrogens (primary N) is 1. The molecular weight excluding hydrogens is 337 g/mol. The van der Waals surface area contributed by atoms with Crippen LogP contribution in [-0.2, 0) is 0 Å². The van der Waals surface area contributed by atoms with Crippen LogP contribution in [0.4, 0.5) is 18.9 Å². The van der Waals surface area contributed by atoms with Gasteiger partial charge in [-0.15, -0.1) is 0 Å². The summed E-state index contributed by atoms with van der Waals surface area (Å²) in [6.45, 7) is 3.41. The van der Waals surface area contributed by atoms with Crippen molar-refractivity contribution in [1.82, 2.24) is 4.90 Å². The molecule has 0 heterocycles. The Kier molecular flexibility index (Phi) is 5.07. The third-order valence-electron chi connectivity index (χ3n) is 2.88. The van der Waals surface area contributed by atoms with E-state index in [9.17, 15) is 18.0 Å². The van der Waals surface area contributed by atoms with E-state index in [1.807, 2.05) is 0 Å². The molecule has 3 nitrogen and oxygen atoms in total. The molecule has 1 amide bonds. The lowest BCUT2D eigenvalue weighted by Crippen LogP contribution is -2.43. The molecule has 0 saturated carbocycles. The van der Waals surface area contributed by atoms with Gasteiger partial charge in [0.25, 0.3) is 5.91 Å². The molecule has 0 fully saturated rings.